The van der Waals surface area contributed by atoms with Crippen LogP contribution in [0, 0.1) is 23.2 Å². The molecule has 0 saturated heterocycles. The number of nitrogens with one attached hydrogen (secondary N) is 1. The number of aliphatic hydroxyl groups is 1. The highest BCUT2D eigenvalue weighted by atomic mass is 16.3. The molecular weight excluding hydrogens is 164 g/mol. The van der Waals surface area contributed by atoms with E-state index in [0.717, 1.165) is 19.4 Å². The van der Waals surface area contributed by atoms with Crippen molar-refractivity contribution in [2.45, 2.75) is 32.2 Å². The van der Waals surface area contributed by atoms with Gasteiger partial charge >= 0.3 is 0 Å². The molecule has 0 bridgehead atoms. The molecule has 1 fully saturated rings. The van der Waals surface area contributed by atoms with Crippen molar-refractivity contribution in [3.05, 3.63) is 0 Å². The molecule has 0 radical (unpaired) electrons. The fourth-order valence-electron chi connectivity index (χ4n) is 1.90. The third-order valence-corrected chi connectivity index (χ3v) is 2.80. The second kappa shape index (κ2) is 5.21. The average molecular weight is 182 g/mol. The molecule has 1 rings (SSSR count). The smallest absolute Gasteiger partial charge is 0.0666 e. The van der Waals surface area contributed by atoms with E-state index in [9.17, 15) is 0 Å². The van der Waals surface area contributed by atoms with Crippen molar-refractivity contribution < 1.29 is 5.11 Å². The van der Waals surface area contributed by atoms with Crippen LogP contribution in [0.5, 0.6) is 0 Å². The largest absolute Gasteiger partial charge is 0.396 e. The Morgan fingerprint density at radius 1 is 1.62 bits per heavy atom. The predicted molar refractivity (Wildman–Crippen MR) is 51.0 cm³/mol. The van der Waals surface area contributed by atoms with Crippen molar-refractivity contribution in [3.63, 3.8) is 0 Å². The van der Waals surface area contributed by atoms with Gasteiger partial charge in [0.25, 0.3) is 0 Å². The molecule has 3 heteroatoms. The molecule has 0 aromatic rings. The van der Waals surface area contributed by atoms with E-state index < -0.39 is 0 Å². The lowest BCUT2D eigenvalue weighted by atomic mass is 10.0. The summed E-state index contributed by atoms with van der Waals surface area (Å²) in [6.45, 7) is 2.94. The number of nitrogens with zero attached hydrogens (tertiary/aromatic N) is 1. The highest BCUT2D eigenvalue weighted by molar-refractivity contribution is 4.86. The average Bonchev–Trinajstić information content (AvgIpc) is 2.61. The Morgan fingerprint density at radius 2 is 2.38 bits per heavy atom. The summed E-state index contributed by atoms with van der Waals surface area (Å²) in [6, 6.07) is 2.63. The van der Waals surface area contributed by atoms with Crippen LogP contribution >= 0.6 is 0 Å². The number of rotatable bonds is 4. The number of hydrogen-bond donors (Lipinski definition) is 2. The van der Waals surface area contributed by atoms with E-state index in [4.69, 9.17) is 10.4 Å². The molecule has 1 saturated carbocycles. The molecule has 3 unspecified atom stereocenters. The van der Waals surface area contributed by atoms with Gasteiger partial charge in [-0.2, -0.15) is 5.26 Å². The number of aliphatic hydroxyl groups excluding tert-OH is 1. The zero-order chi connectivity index (χ0) is 9.68. The van der Waals surface area contributed by atoms with Gasteiger partial charge < -0.3 is 10.4 Å². The molecule has 0 aliphatic heterocycles. The van der Waals surface area contributed by atoms with Gasteiger partial charge in [0.15, 0.2) is 0 Å². The van der Waals surface area contributed by atoms with Crippen LogP contribution in [0.2, 0.25) is 0 Å². The second-order valence-electron chi connectivity index (χ2n) is 3.92. The second-order valence-corrected chi connectivity index (χ2v) is 3.92. The van der Waals surface area contributed by atoms with Gasteiger partial charge in [0.2, 0.25) is 0 Å². The minimum absolute atomic E-state index is 0.0694. The zero-order valence-corrected chi connectivity index (χ0v) is 8.16. The Hall–Kier alpha value is -0.590. The molecule has 13 heavy (non-hydrogen) atoms. The molecule has 74 valence electrons. The van der Waals surface area contributed by atoms with E-state index in [1.54, 1.807) is 0 Å². The van der Waals surface area contributed by atoms with Gasteiger partial charge in [-0.25, -0.2) is 0 Å². The fourth-order valence-corrected chi connectivity index (χ4v) is 1.90. The van der Waals surface area contributed by atoms with E-state index >= 15 is 0 Å². The first-order valence-electron chi connectivity index (χ1n) is 5.01. The van der Waals surface area contributed by atoms with Crippen LogP contribution < -0.4 is 5.32 Å². The summed E-state index contributed by atoms with van der Waals surface area (Å²) in [4.78, 5) is 0. The van der Waals surface area contributed by atoms with Crippen LogP contribution in [0.4, 0.5) is 0 Å². The Kier molecular flexibility index (Phi) is 4.20. The summed E-state index contributed by atoms with van der Waals surface area (Å²) in [5, 5.41) is 21.0. The normalized spacial score (nSPS) is 29.9. The van der Waals surface area contributed by atoms with E-state index in [1.165, 1.54) is 6.42 Å². The minimum Gasteiger partial charge on any atom is -0.396 e. The van der Waals surface area contributed by atoms with Crippen LogP contribution in [0.15, 0.2) is 0 Å². The summed E-state index contributed by atoms with van der Waals surface area (Å²) in [5.41, 5.74) is 0. The van der Waals surface area contributed by atoms with Crippen molar-refractivity contribution in [2.75, 3.05) is 13.2 Å². The predicted octanol–water partition coefficient (Wildman–Crippen LogP) is 0.897. The van der Waals surface area contributed by atoms with Crippen LogP contribution in [-0.2, 0) is 0 Å². The Labute approximate surface area is 79.8 Å². The van der Waals surface area contributed by atoms with Gasteiger partial charge in [-0.15, -0.1) is 0 Å². The number of hydrogen-bond acceptors (Lipinski definition) is 3. The molecule has 1 aliphatic rings. The minimum atomic E-state index is 0.0694. The molecule has 3 atom stereocenters. The van der Waals surface area contributed by atoms with Gasteiger partial charge in [0.1, 0.15) is 0 Å². The first-order valence-corrected chi connectivity index (χ1v) is 5.01. The van der Waals surface area contributed by atoms with Crippen molar-refractivity contribution in [1.82, 2.24) is 5.32 Å². The molecule has 0 spiro atoms. The molecule has 0 heterocycles. The van der Waals surface area contributed by atoms with Crippen LogP contribution in [0.3, 0.4) is 0 Å². The SMILES string of the molecule is CC(C#N)CNC1CCCC1CO. The fraction of sp³-hybridized carbons (Fsp3) is 0.900. The molecule has 0 aromatic carbocycles. The standard InChI is InChI=1S/C10H18N2O/c1-8(5-11)6-12-10-4-2-3-9(10)7-13/h8-10,12-13H,2-4,6-7H2,1H3. The van der Waals surface area contributed by atoms with Gasteiger partial charge in [-0.1, -0.05) is 6.42 Å². The van der Waals surface area contributed by atoms with Crippen LogP contribution in [0.25, 0.3) is 0 Å². The van der Waals surface area contributed by atoms with Gasteiger partial charge in [-0.3, -0.25) is 0 Å². The molecule has 1 aliphatic carbocycles. The number of nitriles is 1. The molecule has 2 N–H and O–H groups in total. The third kappa shape index (κ3) is 2.98. The van der Waals surface area contributed by atoms with Gasteiger partial charge in [0, 0.05) is 19.2 Å². The van der Waals surface area contributed by atoms with Crippen molar-refractivity contribution in [1.29, 1.82) is 5.26 Å². The van der Waals surface area contributed by atoms with Crippen molar-refractivity contribution >= 4 is 0 Å². The van der Waals surface area contributed by atoms with E-state index in [2.05, 4.69) is 11.4 Å². The quantitative estimate of drug-likeness (QED) is 0.679. The molecule has 0 aromatic heterocycles. The maximum absolute atomic E-state index is 9.05. The summed E-state index contributed by atoms with van der Waals surface area (Å²) >= 11 is 0. The summed E-state index contributed by atoms with van der Waals surface area (Å²) in [5.74, 6) is 0.478. The Morgan fingerprint density at radius 3 is 3.00 bits per heavy atom. The maximum Gasteiger partial charge on any atom is 0.0666 e. The maximum atomic E-state index is 9.05. The van der Waals surface area contributed by atoms with E-state index in [1.807, 2.05) is 6.92 Å². The molecule has 0 amide bonds. The highest BCUT2D eigenvalue weighted by Crippen LogP contribution is 2.24. The van der Waals surface area contributed by atoms with Gasteiger partial charge in [0.05, 0.1) is 12.0 Å². The van der Waals surface area contributed by atoms with Crippen molar-refractivity contribution in [2.24, 2.45) is 11.8 Å². The molecular formula is C10H18N2O. The van der Waals surface area contributed by atoms with Crippen LogP contribution in [0.1, 0.15) is 26.2 Å². The van der Waals surface area contributed by atoms with Gasteiger partial charge in [-0.05, 0) is 25.7 Å². The third-order valence-electron chi connectivity index (χ3n) is 2.80. The summed E-state index contributed by atoms with van der Waals surface area (Å²) in [7, 11) is 0. The first kappa shape index (κ1) is 10.5. The summed E-state index contributed by atoms with van der Waals surface area (Å²) < 4.78 is 0. The monoisotopic (exact) mass is 182 g/mol. The van der Waals surface area contributed by atoms with Crippen LogP contribution in [-0.4, -0.2) is 24.3 Å². The Bertz CT molecular complexity index is 188. The highest BCUT2D eigenvalue weighted by Gasteiger charge is 2.26. The summed E-state index contributed by atoms with van der Waals surface area (Å²) in [6.07, 6.45) is 3.46. The zero-order valence-electron chi connectivity index (χ0n) is 8.16. The lowest BCUT2D eigenvalue weighted by molar-refractivity contribution is 0.204. The van der Waals surface area contributed by atoms with E-state index in [-0.39, 0.29) is 12.5 Å². The first-order chi connectivity index (χ1) is 6.27. The lowest BCUT2D eigenvalue weighted by Gasteiger charge is -2.19. The Balaban J connectivity index is 2.24. The lowest BCUT2D eigenvalue weighted by Crippen LogP contribution is -2.36. The van der Waals surface area contributed by atoms with E-state index in [0.29, 0.717) is 12.0 Å². The topological polar surface area (TPSA) is 56.0 Å². The van der Waals surface area contributed by atoms with Crippen molar-refractivity contribution in [3.8, 4) is 6.07 Å². The molecule has 3 nitrogen and oxygen atoms in total.